The first kappa shape index (κ1) is 18.9. The number of likely N-dealkylation sites (tertiary alicyclic amines) is 2. The van der Waals surface area contributed by atoms with Crippen molar-refractivity contribution in [3.63, 3.8) is 0 Å². The standard InChI is InChI=1S/C22H32N2O2/c1-15-8-16(2)12-23(11-15)21(25)19-6-5-7-20(10-19)22(26)24-13-17(3)9-18(4)14-24/h5-7,10,15-18H,8-9,11-14H2,1-4H3. The zero-order valence-electron chi connectivity index (χ0n) is 16.6. The number of amides is 2. The van der Waals surface area contributed by atoms with E-state index in [9.17, 15) is 9.59 Å². The van der Waals surface area contributed by atoms with Gasteiger partial charge < -0.3 is 9.80 Å². The Morgan fingerprint density at radius 1 is 0.731 bits per heavy atom. The van der Waals surface area contributed by atoms with Crippen LogP contribution in [0.15, 0.2) is 24.3 Å². The zero-order valence-corrected chi connectivity index (χ0v) is 16.6. The smallest absolute Gasteiger partial charge is 0.253 e. The molecule has 0 N–H and O–H groups in total. The molecule has 0 radical (unpaired) electrons. The summed E-state index contributed by atoms with van der Waals surface area (Å²) in [4.78, 5) is 29.8. The molecular formula is C22H32N2O2. The van der Waals surface area contributed by atoms with Crippen LogP contribution in [-0.4, -0.2) is 47.8 Å². The fourth-order valence-electron chi connectivity index (χ4n) is 4.81. The quantitative estimate of drug-likeness (QED) is 0.806. The van der Waals surface area contributed by atoms with Crippen LogP contribution >= 0.6 is 0 Å². The van der Waals surface area contributed by atoms with Gasteiger partial charge in [-0.1, -0.05) is 33.8 Å². The molecule has 1 aromatic rings. The molecule has 0 saturated carbocycles. The van der Waals surface area contributed by atoms with Crippen LogP contribution < -0.4 is 0 Å². The largest absolute Gasteiger partial charge is 0.338 e. The summed E-state index contributed by atoms with van der Waals surface area (Å²) in [5, 5.41) is 0. The molecule has 0 aliphatic carbocycles. The minimum Gasteiger partial charge on any atom is -0.338 e. The third-order valence-electron chi connectivity index (χ3n) is 5.67. The topological polar surface area (TPSA) is 40.6 Å². The van der Waals surface area contributed by atoms with Gasteiger partial charge in [-0.05, 0) is 54.7 Å². The SMILES string of the molecule is CC1CC(C)CN(C(=O)c2cccc(C(=O)N3CC(C)CC(C)C3)c2)C1. The van der Waals surface area contributed by atoms with Crippen LogP contribution in [0.2, 0.25) is 0 Å². The normalized spacial score (nSPS) is 29.5. The fourth-order valence-corrected chi connectivity index (χ4v) is 4.81. The second-order valence-corrected chi connectivity index (χ2v) is 8.89. The van der Waals surface area contributed by atoms with Crippen LogP contribution in [0.4, 0.5) is 0 Å². The van der Waals surface area contributed by atoms with Crippen LogP contribution in [0.25, 0.3) is 0 Å². The summed E-state index contributed by atoms with van der Waals surface area (Å²) in [6.07, 6.45) is 2.35. The molecule has 0 aromatic heterocycles. The van der Waals surface area contributed by atoms with Crippen molar-refractivity contribution in [3.8, 4) is 0 Å². The van der Waals surface area contributed by atoms with E-state index in [0.717, 1.165) is 26.2 Å². The van der Waals surface area contributed by atoms with Crippen molar-refractivity contribution in [2.75, 3.05) is 26.2 Å². The van der Waals surface area contributed by atoms with Crippen molar-refractivity contribution >= 4 is 11.8 Å². The second kappa shape index (κ2) is 7.81. The monoisotopic (exact) mass is 356 g/mol. The lowest BCUT2D eigenvalue weighted by molar-refractivity contribution is 0.0619. The van der Waals surface area contributed by atoms with Gasteiger partial charge in [-0.2, -0.15) is 0 Å². The van der Waals surface area contributed by atoms with Crippen molar-refractivity contribution in [2.45, 2.75) is 40.5 Å². The Morgan fingerprint density at radius 3 is 1.42 bits per heavy atom. The van der Waals surface area contributed by atoms with E-state index in [1.807, 2.05) is 28.0 Å². The van der Waals surface area contributed by atoms with Crippen molar-refractivity contribution in [2.24, 2.45) is 23.7 Å². The van der Waals surface area contributed by atoms with Crippen LogP contribution in [0.5, 0.6) is 0 Å². The summed E-state index contributed by atoms with van der Waals surface area (Å²) in [5.41, 5.74) is 1.27. The first-order valence-corrected chi connectivity index (χ1v) is 10.0. The molecule has 4 nitrogen and oxygen atoms in total. The Labute approximate surface area is 157 Å². The average Bonchev–Trinajstić information content (AvgIpc) is 2.59. The first-order valence-electron chi connectivity index (χ1n) is 10.0. The molecule has 4 unspecified atom stereocenters. The van der Waals surface area contributed by atoms with Crippen molar-refractivity contribution in [1.29, 1.82) is 0 Å². The zero-order chi connectivity index (χ0) is 18.8. The van der Waals surface area contributed by atoms with E-state index in [1.54, 1.807) is 6.07 Å². The first-order chi connectivity index (χ1) is 12.3. The fraction of sp³-hybridized carbons (Fsp3) is 0.636. The van der Waals surface area contributed by atoms with Gasteiger partial charge in [-0.15, -0.1) is 0 Å². The van der Waals surface area contributed by atoms with E-state index >= 15 is 0 Å². The lowest BCUT2D eigenvalue weighted by atomic mass is 9.91. The second-order valence-electron chi connectivity index (χ2n) is 8.89. The van der Waals surface area contributed by atoms with Crippen LogP contribution in [0.3, 0.4) is 0 Å². The van der Waals surface area contributed by atoms with Gasteiger partial charge >= 0.3 is 0 Å². The molecule has 2 saturated heterocycles. The Morgan fingerprint density at radius 2 is 1.08 bits per heavy atom. The van der Waals surface area contributed by atoms with Gasteiger partial charge in [0.2, 0.25) is 0 Å². The average molecular weight is 357 g/mol. The molecule has 2 amide bonds. The molecule has 2 heterocycles. The highest BCUT2D eigenvalue weighted by atomic mass is 16.2. The highest BCUT2D eigenvalue weighted by molar-refractivity contribution is 5.99. The molecule has 142 valence electrons. The van der Waals surface area contributed by atoms with Crippen LogP contribution in [-0.2, 0) is 0 Å². The lowest BCUT2D eigenvalue weighted by Gasteiger charge is -2.35. The van der Waals surface area contributed by atoms with E-state index in [4.69, 9.17) is 0 Å². The van der Waals surface area contributed by atoms with E-state index in [-0.39, 0.29) is 11.8 Å². The molecule has 0 spiro atoms. The van der Waals surface area contributed by atoms with Crippen molar-refractivity contribution in [3.05, 3.63) is 35.4 Å². The molecule has 1 aromatic carbocycles. The van der Waals surface area contributed by atoms with Gasteiger partial charge in [0.15, 0.2) is 0 Å². The van der Waals surface area contributed by atoms with Gasteiger partial charge in [0.05, 0.1) is 0 Å². The molecule has 0 bridgehead atoms. The Balaban J connectivity index is 1.75. The maximum Gasteiger partial charge on any atom is 0.253 e. The number of piperidine rings is 2. The van der Waals surface area contributed by atoms with Crippen molar-refractivity contribution < 1.29 is 9.59 Å². The molecule has 4 heteroatoms. The van der Waals surface area contributed by atoms with E-state index in [1.165, 1.54) is 12.8 Å². The number of hydrogen-bond acceptors (Lipinski definition) is 2. The van der Waals surface area contributed by atoms with Crippen LogP contribution in [0.1, 0.15) is 61.3 Å². The van der Waals surface area contributed by atoms with E-state index in [0.29, 0.717) is 34.8 Å². The molecule has 26 heavy (non-hydrogen) atoms. The molecule has 4 atom stereocenters. The predicted molar refractivity (Wildman–Crippen MR) is 104 cm³/mol. The van der Waals surface area contributed by atoms with Crippen LogP contribution in [0, 0.1) is 23.7 Å². The minimum absolute atomic E-state index is 0.0541. The third kappa shape index (κ3) is 4.28. The molecular weight excluding hydrogens is 324 g/mol. The van der Waals surface area contributed by atoms with Gasteiger partial charge in [-0.3, -0.25) is 9.59 Å². The van der Waals surface area contributed by atoms with E-state index < -0.39 is 0 Å². The summed E-state index contributed by atoms with van der Waals surface area (Å²) in [5.74, 6) is 2.23. The number of rotatable bonds is 2. The minimum atomic E-state index is 0.0541. The molecule has 2 aliphatic heterocycles. The molecule has 2 fully saturated rings. The molecule has 3 rings (SSSR count). The highest BCUT2D eigenvalue weighted by Gasteiger charge is 2.28. The Hall–Kier alpha value is -1.84. The highest BCUT2D eigenvalue weighted by Crippen LogP contribution is 2.24. The summed E-state index contributed by atoms with van der Waals surface area (Å²) in [7, 11) is 0. The number of nitrogens with zero attached hydrogens (tertiary/aromatic N) is 2. The Bertz CT molecular complexity index is 599. The maximum atomic E-state index is 12.9. The number of hydrogen-bond donors (Lipinski definition) is 0. The van der Waals surface area contributed by atoms with Gasteiger partial charge in [0.1, 0.15) is 0 Å². The van der Waals surface area contributed by atoms with Gasteiger partial charge in [0, 0.05) is 37.3 Å². The van der Waals surface area contributed by atoms with Gasteiger partial charge in [0.25, 0.3) is 11.8 Å². The number of carbonyl (C=O) groups is 2. The Kier molecular flexibility index (Phi) is 5.69. The predicted octanol–water partition coefficient (Wildman–Crippen LogP) is 3.92. The third-order valence-corrected chi connectivity index (χ3v) is 5.67. The maximum absolute atomic E-state index is 12.9. The summed E-state index contributed by atoms with van der Waals surface area (Å²) >= 11 is 0. The molecule has 2 aliphatic rings. The van der Waals surface area contributed by atoms with Gasteiger partial charge in [-0.25, -0.2) is 0 Å². The summed E-state index contributed by atoms with van der Waals surface area (Å²) in [6.45, 7) is 12.0. The summed E-state index contributed by atoms with van der Waals surface area (Å²) in [6, 6.07) is 7.31. The summed E-state index contributed by atoms with van der Waals surface area (Å²) < 4.78 is 0. The lowest BCUT2D eigenvalue weighted by Crippen LogP contribution is -2.43. The van der Waals surface area contributed by atoms with E-state index in [2.05, 4.69) is 27.7 Å². The number of benzene rings is 1. The van der Waals surface area contributed by atoms with Crippen molar-refractivity contribution in [1.82, 2.24) is 9.80 Å². The number of carbonyl (C=O) groups excluding carboxylic acids is 2.